The second-order valence-corrected chi connectivity index (χ2v) is 6.57. The number of H-pyrrole nitrogens is 1. The molecule has 0 radical (unpaired) electrons. The Hall–Kier alpha value is -3.45. The third-order valence-electron chi connectivity index (χ3n) is 4.91. The molecule has 0 aliphatic rings. The summed E-state index contributed by atoms with van der Waals surface area (Å²) in [5.41, 5.74) is 4.03. The molecule has 2 N–H and O–H groups in total. The molecule has 0 amide bonds. The summed E-state index contributed by atoms with van der Waals surface area (Å²) in [4.78, 5) is 17.6. The first-order valence-electron chi connectivity index (χ1n) is 8.88. The summed E-state index contributed by atoms with van der Waals surface area (Å²) >= 11 is 0. The first kappa shape index (κ1) is 17.9. The smallest absolute Gasteiger partial charge is 0.261 e. The van der Waals surface area contributed by atoms with E-state index in [0.29, 0.717) is 16.7 Å². The summed E-state index contributed by atoms with van der Waals surface area (Å²) in [6.45, 7) is 1.71. The van der Waals surface area contributed by atoms with Gasteiger partial charge in [-0.1, -0.05) is 18.2 Å². The quantitative estimate of drug-likeness (QED) is 0.559. The summed E-state index contributed by atoms with van der Waals surface area (Å²) < 4.78 is 6.71. The van der Waals surface area contributed by atoms with E-state index in [1.807, 2.05) is 43.3 Å². The zero-order valence-corrected chi connectivity index (χ0v) is 15.6. The highest BCUT2D eigenvalue weighted by Gasteiger charge is 2.17. The minimum atomic E-state index is -0.546. The molecule has 0 bridgehead atoms. The van der Waals surface area contributed by atoms with Crippen LogP contribution in [0.2, 0.25) is 0 Å². The lowest BCUT2D eigenvalue weighted by atomic mass is 10.0. The third kappa shape index (κ3) is 3.05. The van der Waals surface area contributed by atoms with Crippen LogP contribution in [-0.4, -0.2) is 38.6 Å². The van der Waals surface area contributed by atoms with Gasteiger partial charge in [-0.25, -0.2) is 4.98 Å². The fraction of sp³-hybridized carbons (Fsp3) is 0.190. The lowest BCUT2D eigenvalue weighted by molar-refractivity contribution is 0.246. The topological polar surface area (TPSA) is 93.0 Å². The van der Waals surface area contributed by atoms with E-state index >= 15 is 0 Å². The van der Waals surface area contributed by atoms with Crippen molar-refractivity contribution in [3.05, 3.63) is 76.6 Å². The number of aromatic nitrogens is 4. The van der Waals surface area contributed by atoms with E-state index in [2.05, 4.69) is 15.2 Å². The van der Waals surface area contributed by atoms with Crippen LogP contribution in [0.4, 0.5) is 0 Å². The highest BCUT2D eigenvalue weighted by molar-refractivity contribution is 5.83. The number of hydrogen-bond donors (Lipinski definition) is 2. The number of benzene rings is 2. The Labute approximate surface area is 161 Å². The summed E-state index contributed by atoms with van der Waals surface area (Å²) in [7, 11) is 1.58. The molecular formula is C21H20N4O3. The summed E-state index contributed by atoms with van der Waals surface area (Å²) in [6.07, 6.45) is 3.24. The van der Waals surface area contributed by atoms with E-state index in [9.17, 15) is 9.90 Å². The first-order chi connectivity index (χ1) is 13.6. The van der Waals surface area contributed by atoms with Crippen molar-refractivity contribution in [3.63, 3.8) is 0 Å². The zero-order chi connectivity index (χ0) is 19.7. The summed E-state index contributed by atoms with van der Waals surface area (Å²) in [5.74, 6) is 0.665. The predicted molar refractivity (Wildman–Crippen MR) is 107 cm³/mol. The van der Waals surface area contributed by atoms with E-state index in [1.54, 1.807) is 19.4 Å². The van der Waals surface area contributed by atoms with Crippen molar-refractivity contribution >= 4 is 10.9 Å². The molecule has 0 fully saturated rings. The van der Waals surface area contributed by atoms with Gasteiger partial charge in [0.15, 0.2) is 0 Å². The maximum absolute atomic E-state index is 13.1. The molecule has 0 aliphatic heterocycles. The number of nitrogens with one attached hydrogen (secondary N) is 1. The van der Waals surface area contributed by atoms with Crippen molar-refractivity contribution in [2.24, 2.45) is 0 Å². The van der Waals surface area contributed by atoms with Crippen LogP contribution in [0.5, 0.6) is 5.75 Å². The highest BCUT2D eigenvalue weighted by atomic mass is 16.5. The number of hydrogen-bond acceptors (Lipinski definition) is 5. The van der Waals surface area contributed by atoms with E-state index in [0.717, 1.165) is 22.4 Å². The van der Waals surface area contributed by atoms with Crippen molar-refractivity contribution in [2.75, 3.05) is 13.7 Å². The van der Waals surface area contributed by atoms with Crippen LogP contribution in [0, 0.1) is 6.92 Å². The van der Waals surface area contributed by atoms with Crippen LogP contribution in [0.25, 0.3) is 22.0 Å². The number of aliphatic hydroxyl groups excluding tert-OH is 1. The van der Waals surface area contributed by atoms with Gasteiger partial charge in [-0.05, 0) is 42.3 Å². The van der Waals surface area contributed by atoms with E-state index in [-0.39, 0.29) is 12.2 Å². The van der Waals surface area contributed by atoms with E-state index in [4.69, 9.17) is 4.74 Å². The fourth-order valence-corrected chi connectivity index (χ4v) is 3.37. The molecule has 2 aromatic heterocycles. The molecule has 28 heavy (non-hydrogen) atoms. The van der Waals surface area contributed by atoms with E-state index < -0.39 is 6.04 Å². The number of aliphatic hydroxyl groups is 1. The maximum atomic E-state index is 13.1. The van der Waals surface area contributed by atoms with Crippen molar-refractivity contribution in [1.29, 1.82) is 0 Å². The van der Waals surface area contributed by atoms with Gasteiger partial charge in [0.2, 0.25) is 0 Å². The number of ether oxygens (including phenoxy) is 1. The van der Waals surface area contributed by atoms with Gasteiger partial charge in [0, 0.05) is 11.3 Å². The van der Waals surface area contributed by atoms with Crippen LogP contribution in [0.3, 0.4) is 0 Å². The molecule has 7 heteroatoms. The van der Waals surface area contributed by atoms with Gasteiger partial charge in [-0.15, -0.1) is 0 Å². The zero-order valence-electron chi connectivity index (χ0n) is 15.6. The van der Waals surface area contributed by atoms with Gasteiger partial charge in [0.05, 0.1) is 43.2 Å². The molecule has 7 nitrogen and oxygen atoms in total. The molecule has 0 saturated carbocycles. The molecule has 4 rings (SSSR count). The summed E-state index contributed by atoms with van der Waals surface area (Å²) in [5, 5.41) is 17.4. The van der Waals surface area contributed by atoms with Gasteiger partial charge in [0.25, 0.3) is 5.56 Å². The molecule has 0 saturated heterocycles. The average molecular weight is 376 g/mol. The lowest BCUT2D eigenvalue weighted by Crippen LogP contribution is -2.28. The molecule has 2 aromatic carbocycles. The Morgan fingerprint density at radius 1 is 1.25 bits per heavy atom. The standard InChI is InChI=1S/C21H20N4O3/c1-13-18(10-23-24-13)14-6-7-17-19(9-14)22-12-25(21(17)27)20(11-26)15-4-3-5-16(8-15)28-2/h3-10,12,20,26H,11H2,1-2H3,(H,23,24). The normalized spacial score (nSPS) is 12.2. The fourth-order valence-electron chi connectivity index (χ4n) is 3.37. The average Bonchev–Trinajstić information content (AvgIpc) is 3.16. The Balaban J connectivity index is 1.81. The number of aromatic amines is 1. The largest absolute Gasteiger partial charge is 0.497 e. The van der Waals surface area contributed by atoms with Crippen LogP contribution < -0.4 is 10.3 Å². The monoisotopic (exact) mass is 376 g/mol. The lowest BCUT2D eigenvalue weighted by Gasteiger charge is -2.18. The second-order valence-electron chi connectivity index (χ2n) is 6.57. The van der Waals surface area contributed by atoms with Gasteiger partial charge in [0.1, 0.15) is 5.75 Å². The molecule has 1 atom stereocenters. The predicted octanol–water partition coefficient (Wildman–Crippen LogP) is 2.69. The Morgan fingerprint density at radius 3 is 2.82 bits per heavy atom. The van der Waals surface area contributed by atoms with Gasteiger partial charge in [-0.3, -0.25) is 14.5 Å². The molecule has 142 valence electrons. The highest BCUT2D eigenvalue weighted by Crippen LogP contribution is 2.25. The van der Waals surface area contributed by atoms with Gasteiger partial charge < -0.3 is 9.84 Å². The van der Waals surface area contributed by atoms with Crippen LogP contribution in [-0.2, 0) is 0 Å². The van der Waals surface area contributed by atoms with Crippen LogP contribution >= 0.6 is 0 Å². The maximum Gasteiger partial charge on any atom is 0.261 e. The number of methoxy groups -OCH3 is 1. The van der Waals surface area contributed by atoms with Crippen LogP contribution in [0.1, 0.15) is 17.3 Å². The van der Waals surface area contributed by atoms with Crippen molar-refractivity contribution in [2.45, 2.75) is 13.0 Å². The SMILES string of the molecule is COc1cccc(C(CO)n2cnc3cc(-c4cn[nH]c4C)ccc3c2=O)c1. The Bertz CT molecular complexity index is 1200. The van der Waals surface area contributed by atoms with E-state index in [1.165, 1.54) is 10.9 Å². The molecule has 4 aromatic rings. The molecular weight excluding hydrogens is 356 g/mol. The van der Waals surface area contributed by atoms with Crippen molar-refractivity contribution in [3.8, 4) is 16.9 Å². The molecule has 1 unspecified atom stereocenters. The molecule has 2 heterocycles. The third-order valence-corrected chi connectivity index (χ3v) is 4.91. The second kappa shape index (κ2) is 7.28. The first-order valence-corrected chi connectivity index (χ1v) is 8.88. The minimum Gasteiger partial charge on any atom is -0.497 e. The molecule has 0 spiro atoms. The molecule has 0 aliphatic carbocycles. The minimum absolute atomic E-state index is 0.206. The Morgan fingerprint density at radius 2 is 2.11 bits per heavy atom. The van der Waals surface area contributed by atoms with Gasteiger partial charge in [-0.2, -0.15) is 5.10 Å². The van der Waals surface area contributed by atoms with Crippen LogP contribution in [0.15, 0.2) is 59.8 Å². The number of rotatable bonds is 5. The number of fused-ring (bicyclic) bond motifs is 1. The van der Waals surface area contributed by atoms with Crippen molar-refractivity contribution < 1.29 is 9.84 Å². The Kier molecular flexibility index (Phi) is 4.67. The van der Waals surface area contributed by atoms with Crippen molar-refractivity contribution in [1.82, 2.24) is 19.7 Å². The number of nitrogens with zero attached hydrogens (tertiary/aromatic N) is 3. The van der Waals surface area contributed by atoms with Gasteiger partial charge >= 0.3 is 0 Å². The summed E-state index contributed by atoms with van der Waals surface area (Å²) in [6, 6.07) is 12.3. The number of aryl methyl sites for hydroxylation is 1.